The third kappa shape index (κ3) is 6.25. The molecule has 0 bridgehead atoms. The molecule has 1 fully saturated rings. The molecular weight excluding hydrogens is 446 g/mol. The molecule has 2 aromatic rings. The van der Waals surface area contributed by atoms with Gasteiger partial charge in [-0.25, -0.2) is 4.39 Å². The van der Waals surface area contributed by atoms with Crippen LogP contribution in [0.4, 0.5) is 17.6 Å². The smallest absolute Gasteiger partial charge is 0.471 e. The van der Waals surface area contributed by atoms with Crippen LogP contribution in [0.1, 0.15) is 35.2 Å². The van der Waals surface area contributed by atoms with Gasteiger partial charge in [0.1, 0.15) is 11.6 Å². The second kappa shape index (κ2) is 10.4. The number of rotatable bonds is 8. The normalized spacial score (nSPS) is 18.6. The van der Waals surface area contributed by atoms with Crippen molar-refractivity contribution in [1.82, 2.24) is 4.90 Å². The van der Waals surface area contributed by atoms with Gasteiger partial charge >= 0.3 is 12.1 Å². The first-order chi connectivity index (χ1) is 15.2. The number of carbonyl (C=O) groups excluding carboxylic acids is 2. The van der Waals surface area contributed by atoms with Gasteiger partial charge in [-0.15, -0.1) is 0 Å². The topological polar surface area (TPSA) is 46.6 Å². The van der Waals surface area contributed by atoms with Crippen LogP contribution < -0.4 is 4.74 Å². The number of benzene rings is 2. The van der Waals surface area contributed by atoms with Crippen LogP contribution in [0.25, 0.3) is 0 Å². The van der Waals surface area contributed by atoms with E-state index in [9.17, 15) is 27.2 Å². The maximum Gasteiger partial charge on any atom is 0.471 e. The highest BCUT2D eigenvalue weighted by molar-refractivity contribution is 7.99. The molecule has 0 N–H and O–H groups in total. The first-order valence-corrected chi connectivity index (χ1v) is 11.1. The van der Waals surface area contributed by atoms with Gasteiger partial charge in [0.2, 0.25) is 0 Å². The summed E-state index contributed by atoms with van der Waals surface area (Å²) in [5.74, 6) is -1.34. The molecule has 1 amide bonds. The number of amides is 1. The zero-order chi connectivity index (χ0) is 23.3. The van der Waals surface area contributed by atoms with Crippen molar-refractivity contribution < 1.29 is 31.9 Å². The van der Waals surface area contributed by atoms with E-state index in [1.807, 2.05) is 24.3 Å². The lowest BCUT2D eigenvalue weighted by atomic mass is 10.0. The number of hydrogen-bond acceptors (Lipinski definition) is 4. The zero-order valence-electron chi connectivity index (χ0n) is 17.4. The Hall–Kier alpha value is -2.55. The predicted molar refractivity (Wildman–Crippen MR) is 114 cm³/mol. The molecule has 0 radical (unpaired) electrons. The quantitative estimate of drug-likeness (QED) is 0.391. The van der Waals surface area contributed by atoms with E-state index in [1.54, 1.807) is 7.11 Å². The van der Waals surface area contributed by atoms with Crippen molar-refractivity contribution in [3.63, 3.8) is 0 Å². The van der Waals surface area contributed by atoms with Crippen molar-refractivity contribution in [1.29, 1.82) is 0 Å². The Morgan fingerprint density at radius 2 is 1.75 bits per heavy atom. The molecule has 1 aliphatic heterocycles. The first-order valence-electron chi connectivity index (χ1n) is 10.1. The van der Waals surface area contributed by atoms with Crippen LogP contribution >= 0.6 is 11.8 Å². The van der Waals surface area contributed by atoms with E-state index < -0.39 is 23.9 Å². The summed E-state index contributed by atoms with van der Waals surface area (Å²) in [5.41, 5.74) is 1.29. The third-order valence-corrected chi connectivity index (χ3v) is 6.71. The van der Waals surface area contributed by atoms with E-state index in [0.29, 0.717) is 23.5 Å². The molecule has 0 saturated carbocycles. The van der Waals surface area contributed by atoms with E-state index in [2.05, 4.69) is 0 Å². The highest BCUT2D eigenvalue weighted by atomic mass is 32.2. The summed E-state index contributed by atoms with van der Waals surface area (Å²) in [4.78, 5) is 25.2. The number of ether oxygens (including phenoxy) is 1. The van der Waals surface area contributed by atoms with Crippen LogP contribution in [0.3, 0.4) is 0 Å². The molecule has 1 aliphatic rings. The van der Waals surface area contributed by atoms with Gasteiger partial charge in [0.05, 0.1) is 7.11 Å². The summed E-state index contributed by atoms with van der Waals surface area (Å²) >= 11 is 1.49. The second-order valence-electron chi connectivity index (χ2n) is 7.59. The Labute approximate surface area is 187 Å². The van der Waals surface area contributed by atoms with Gasteiger partial charge in [-0.3, -0.25) is 9.59 Å². The molecule has 1 saturated heterocycles. The number of hydrogen-bond donors (Lipinski definition) is 0. The molecule has 9 heteroatoms. The monoisotopic (exact) mass is 469 g/mol. The summed E-state index contributed by atoms with van der Waals surface area (Å²) in [5, 5.41) is -0.172. The summed E-state index contributed by atoms with van der Waals surface area (Å²) in [7, 11) is 1.56. The molecule has 0 aromatic heterocycles. The average Bonchev–Trinajstić information content (AvgIpc) is 3.18. The number of ketones is 1. The van der Waals surface area contributed by atoms with Crippen molar-refractivity contribution in [2.24, 2.45) is 0 Å². The van der Waals surface area contributed by atoms with Crippen LogP contribution in [0.5, 0.6) is 5.75 Å². The second-order valence-corrected chi connectivity index (χ2v) is 8.88. The summed E-state index contributed by atoms with van der Waals surface area (Å²) < 4.78 is 57.5. The number of nitrogens with zero attached hydrogens (tertiary/aromatic N) is 1. The minimum atomic E-state index is -4.96. The lowest BCUT2D eigenvalue weighted by Crippen LogP contribution is -2.44. The van der Waals surface area contributed by atoms with Crippen LogP contribution in [0.15, 0.2) is 48.5 Å². The lowest BCUT2D eigenvalue weighted by molar-refractivity contribution is -0.186. The van der Waals surface area contributed by atoms with Crippen molar-refractivity contribution in [3.05, 3.63) is 65.5 Å². The van der Waals surface area contributed by atoms with E-state index in [0.717, 1.165) is 22.6 Å². The Bertz CT molecular complexity index is 932. The largest absolute Gasteiger partial charge is 0.497 e. The van der Waals surface area contributed by atoms with Gasteiger partial charge in [-0.1, -0.05) is 12.1 Å². The van der Waals surface area contributed by atoms with Crippen molar-refractivity contribution in [2.75, 3.05) is 13.7 Å². The lowest BCUT2D eigenvalue weighted by Gasteiger charge is -2.25. The minimum absolute atomic E-state index is 0.0193. The molecule has 172 valence electrons. The van der Waals surface area contributed by atoms with E-state index in [1.165, 1.54) is 23.9 Å². The van der Waals surface area contributed by atoms with Crippen molar-refractivity contribution in [3.8, 4) is 5.75 Å². The number of carbonyl (C=O) groups is 2. The molecule has 0 unspecified atom stereocenters. The highest BCUT2D eigenvalue weighted by Gasteiger charge is 2.47. The van der Waals surface area contributed by atoms with Crippen LogP contribution in [-0.2, 0) is 10.5 Å². The third-order valence-electron chi connectivity index (χ3n) is 5.40. The molecule has 32 heavy (non-hydrogen) atoms. The number of methoxy groups -OCH3 is 1. The van der Waals surface area contributed by atoms with Gasteiger partial charge in [0.25, 0.3) is 0 Å². The standard InChI is InChI=1S/C23H23F4NO3S/c1-31-19-9-2-15(3-10-19)14-32-20-12-18(28(13-20)22(30)23(25,26)27)8-11-21(29)16-4-6-17(24)7-5-16/h2-7,9-10,18,20H,8,11-14H2,1H3/t18-,20-/m1/s1. The molecule has 1 heterocycles. The van der Waals surface area contributed by atoms with Crippen molar-refractivity contribution in [2.45, 2.75) is 42.5 Å². The van der Waals surface area contributed by atoms with Gasteiger partial charge in [-0.05, 0) is 54.8 Å². The molecule has 2 atom stereocenters. The zero-order valence-corrected chi connectivity index (χ0v) is 18.2. The molecule has 4 nitrogen and oxygen atoms in total. The highest BCUT2D eigenvalue weighted by Crippen LogP contribution is 2.35. The molecule has 3 rings (SSSR count). The summed E-state index contributed by atoms with van der Waals surface area (Å²) in [6.45, 7) is -0.0193. The molecule has 0 spiro atoms. The van der Waals surface area contributed by atoms with Gasteiger partial charge < -0.3 is 9.64 Å². The van der Waals surface area contributed by atoms with Crippen molar-refractivity contribution >= 4 is 23.5 Å². The minimum Gasteiger partial charge on any atom is -0.497 e. The number of halogens is 4. The van der Waals surface area contributed by atoms with Gasteiger partial charge in [-0.2, -0.15) is 24.9 Å². The molecular formula is C23H23F4NO3S. The Morgan fingerprint density at radius 1 is 1.09 bits per heavy atom. The molecule has 2 aromatic carbocycles. The number of likely N-dealkylation sites (tertiary alicyclic amines) is 1. The summed E-state index contributed by atoms with van der Waals surface area (Å²) in [6.07, 6.45) is -4.49. The van der Waals surface area contributed by atoms with E-state index >= 15 is 0 Å². The fraction of sp³-hybridized carbons (Fsp3) is 0.391. The Balaban J connectivity index is 1.62. The fourth-order valence-electron chi connectivity index (χ4n) is 3.69. The molecule has 0 aliphatic carbocycles. The van der Waals surface area contributed by atoms with Crippen LogP contribution in [0, 0.1) is 5.82 Å². The van der Waals surface area contributed by atoms with Gasteiger partial charge in [0, 0.05) is 35.6 Å². The Kier molecular flexibility index (Phi) is 7.82. The van der Waals surface area contributed by atoms with E-state index in [-0.39, 0.29) is 30.4 Å². The number of alkyl halides is 3. The maximum absolute atomic E-state index is 13.1. The predicted octanol–water partition coefficient (Wildman–Crippen LogP) is 5.26. The number of Topliss-reactive ketones (excluding diaryl/α,β-unsaturated/α-hetero) is 1. The maximum atomic E-state index is 13.1. The summed E-state index contributed by atoms with van der Waals surface area (Å²) in [6, 6.07) is 11.7. The average molecular weight is 470 g/mol. The van der Waals surface area contributed by atoms with E-state index in [4.69, 9.17) is 4.74 Å². The SMILES string of the molecule is COc1ccc(CS[C@@H]2C[C@@H](CCC(=O)c3ccc(F)cc3)N(C(=O)C(F)(F)F)C2)cc1. The van der Waals surface area contributed by atoms with Crippen LogP contribution in [-0.4, -0.2) is 47.7 Å². The van der Waals surface area contributed by atoms with Gasteiger partial charge in [0.15, 0.2) is 5.78 Å². The first kappa shape index (κ1) is 24.1. The fourth-order valence-corrected chi connectivity index (χ4v) is 4.94. The Morgan fingerprint density at radius 3 is 2.34 bits per heavy atom. The van der Waals surface area contributed by atoms with Crippen LogP contribution in [0.2, 0.25) is 0 Å². The number of thioether (sulfide) groups is 1.